The van der Waals surface area contributed by atoms with Gasteiger partial charge in [0.1, 0.15) is 0 Å². The van der Waals surface area contributed by atoms with E-state index in [1.165, 1.54) is 0 Å². The second-order valence-electron chi connectivity index (χ2n) is 5.22. The van der Waals surface area contributed by atoms with Gasteiger partial charge in [0.15, 0.2) is 0 Å². The molecule has 20 heavy (non-hydrogen) atoms. The number of hydrogen-bond acceptors (Lipinski definition) is 4. The Morgan fingerprint density at radius 3 is 2.70 bits per heavy atom. The highest BCUT2D eigenvalue weighted by molar-refractivity contribution is 5.94. The quantitative estimate of drug-likeness (QED) is 0.814. The number of carbonyl (C=O) groups is 1. The Morgan fingerprint density at radius 2 is 1.95 bits per heavy atom. The SMILES string of the molecule is NCCCCN1CCCN(C(=O)c2ccncc2)CC1. The molecule has 1 saturated heterocycles. The maximum absolute atomic E-state index is 12.4. The van der Waals surface area contributed by atoms with Crippen LogP contribution in [0.25, 0.3) is 0 Å². The van der Waals surface area contributed by atoms with Crippen LogP contribution in [0.1, 0.15) is 29.6 Å². The van der Waals surface area contributed by atoms with Crippen molar-refractivity contribution in [3.8, 4) is 0 Å². The molecule has 1 aromatic heterocycles. The van der Waals surface area contributed by atoms with Gasteiger partial charge in [-0.05, 0) is 51.0 Å². The Bertz CT molecular complexity index is 410. The van der Waals surface area contributed by atoms with Gasteiger partial charge in [0, 0.05) is 37.6 Å². The molecule has 110 valence electrons. The van der Waals surface area contributed by atoms with Crippen molar-refractivity contribution < 1.29 is 4.79 Å². The Kier molecular flexibility index (Phi) is 5.95. The third kappa shape index (κ3) is 4.28. The van der Waals surface area contributed by atoms with Crippen LogP contribution in [0.15, 0.2) is 24.5 Å². The van der Waals surface area contributed by atoms with Crippen LogP contribution in [0, 0.1) is 0 Å². The first kappa shape index (κ1) is 14.9. The summed E-state index contributed by atoms with van der Waals surface area (Å²) >= 11 is 0. The van der Waals surface area contributed by atoms with Crippen molar-refractivity contribution in [1.82, 2.24) is 14.8 Å². The topological polar surface area (TPSA) is 62.5 Å². The highest BCUT2D eigenvalue weighted by Gasteiger charge is 2.19. The van der Waals surface area contributed by atoms with Crippen LogP contribution in [0.2, 0.25) is 0 Å². The number of hydrogen-bond donors (Lipinski definition) is 1. The zero-order chi connectivity index (χ0) is 14.2. The van der Waals surface area contributed by atoms with Gasteiger partial charge in [-0.25, -0.2) is 0 Å². The average molecular weight is 276 g/mol. The van der Waals surface area contributed by atoms with Crippen LogP contribution in [0.3, 0.4) is 0 Å². The highest BCUT2D eigenvalue weighted by Crippen LogP contribution is 2.09. The lowest BCUT2D eigenvalue weighted by molar-refractivity contribution is 0.0761. The molecule has 0 radical (unpaired) electrons. The third-order valence-electron chi connectivity index (χ3n) is 3.73. The molecule has 0 saturated carbocycles. The van der Waals surface area contributed by atoms with Crippen LogP contribution >= 0.6 is 0 Å². The summed E-state index contributed by atoms with van der Waals surface area (Å²) in [4.78, 5) is 20.7. The van der Waals surface area contributed by atoms with Crippen molar-refractivity contribution in [3.05, 3.63) is 30.1 Å². The van der Waals surface area contributed by atoms with Crippen molar-refractivity contribution in [3.63, 3.8) is 0 Å². The van der Waals surface area contributed by atoms with Crippen molar-refractivity contribution in [2.24, 2.45) is 5.73 Å². The zero-order valence-electron chi connectivity index (χ0n) is 12.0. The minimum Gasteiger partial charge on any atom is -0.337 e. The minimum absolute atomic E-state index is 0.121. The average Bonchev–Trinajstić information content (AvgIpc) is 2.73. The lowest BCUT2D eigenvalue weighted by Gasteiger charge is -2.22. The van der Waals surface area contributed by atoms with Gasteiger partial charge < -0.3 is 15.5 Å². The standard InChI is InChI=1S/C15H24N4O/c16-6-1-2-9-18-10-3-11-19(13-12-18)15(20)14-4-7-17-8-5-14/h4-5,7-8H,1-3,6,9-13,16H2. The van der Waals surface area contributed by atoms with Gasteiger partial charge in [0.2, 0.25) is 0 Å². The molecule has 1 aliphatic rings. The Labute approximate surface area is 120 Å². The van der Waals surface area contributed by atoms with E-state index >= 15 is 0 Å². The third-order valence-corrected chi connectivity index (χ3v) is 3.73. The largest absolute Gasteiger partial charge is 0.337 e. The number of amides is 1. The number of nitrogens with two attached hydrogens (primary N) is 1. The van der Waals surface area contributed by atoms with Crippen molar-refractivity contribution in [2.75, 3.05) is 39.3 Å². The van der Waals surface area contributed by atoms with E-state index < -0.39 is 0 Å². The number of nitrogens with zero attached hydrogens (tertiary/aromatic N) is 3. The summed E-state index contributed by atoms with van der Waals surface area (Å²) in [5.74, 6) is 0.121. The number of aromatic nitrogens is 1. The molecule has 2 rings (SSSR count). The fourth-order valence-corrected chi connectivity index (χ4v) is 2.55. The van der Waals surface area contributed by atoms with E-state index in [1.54, 1.807) is 24.5 Å². The van der Waals surface area contributed by atoms with E-state index in [9.17, 15) is 4.79 Å². The minimum atomic E-state index is 0.121. The monoisotopic (exact) mass is 276 g/mol. The second kappa shape index (κ2) is 7.97. The summed E-state index contributed by atoms with van der Waals surface area (Å²) in [5, 5.41) is 0. The number of carbonyl (C=O) groups excluding carboxylic acids is 1. The first-order valence-electron chi connectivity index (χ1n) is 7.43. The highest BCUT2D eigenvalue weighted by atomic mass is 16.2. The fraction of sp³-hybridized carbons (Fsp3) is 0.600. The predicted octanol–water partition coefficient (Wildman–Crippen LogP) is 0.968. The first-order chi connectivity index (χ1) is 9.81. The van der Waals surface area contributed by atoms with Gasteiger partial charge >= 0.3 is 0 Å². The molecular weight excluding hydrogens is 252 g/mol. The van der Waals surface area contributed by atoms with E-state index in [0.717, 1.165) is 64.1 Å². The molecule has 0 unspecified atom stereocenters. The molecule has 0 aliphatic carbocycles. The van der Waals surface area contributed by atoms with Crippen LogP contribution in [0.4, 0.5) is 0 Å². The molecule has 1 fully saturated rings. The van der Waals surface area contributed by atoms with Crippen LogP contribution in [-0.2, 0) is 0 Å². The van der Waals surface area contributed by atoms with Crippen molar-refractivity contribution >= 4 is 5.91 Å². The second-order valence-corrected chi connectivity index (χ2v) is 5.22. The Morgan fingerprint density at radius 1 is 1.15 bits per heavy atom. The molecule has 2 N–H and O–H groups in total. The van der Waals surface area contributed by atoms with Crippen LogP contribution in [0.5, 0.6) is 0 Å². The smallest absolute Gasteiger partial charge is 0.254 e. The summed E-state index contributed by atoms with van der Waals surface area (Å²) in [6.07, 6.45) is 6.61. The number of unbranched alkanes of at least 4 members (excludes halogenated alkanes) is 1. The lowest BCUT2D eigenvalue weighted by atomic mass is 10.2. The molecule has 0 atom stereocenters. The van der Waals surface area contributed by atoms with Crippen molar-refractivity contribution in [1.29, 1.82) is 0 Å². The van der Waals surface area contributed by atoms with E-state index in [-0.39, 0.29) is 5.91 Å². The van der Waals surface area contributed by atoms with Gasteiger partial charge in [-0.2, -0.15) is 0 Å². The molecule has 1 amide bonds. The maximum Gasteiger partial charge on any atom is 0.254 e. The molecule has 5 nitrogen and oxygen atoms in total. The Hall–Kier alpha value is -1.46. The summed E-state index contributed by atoms with van der Waals surface area (Å²) in [6, 6.07) is 3.57. The predicted molar refractivity (Wildman–Crippen MR) is 79.5 cm³/mol. The lowest BCUT2D eigenvalue weighted by Crippen LogP contribution is -2.35. The first-order valence-corrected chi connectivity index (χ1v) is 7.43. The summed E-state index contributed by atoms with van der Waals surface area (Å²) in [5.41, 5.74) is 6.26. The molecule has 0 aromatic carbocycles. The molecule has 0 bridgehead atoms. The van der Waals surface area contributed by atoms with E-state index in [1.807, 2.05) is 4.90 Å². The molecule has 1 aliphatic heterocycles. The summed E-state index contributed by atoms with van der Waals surface area (Å²) < 4.78 is 0. The summed E-state index contributed by atoms with van der Waals surface area (Å²) in [7, 11) is 0. The molecule has 5 heteroatoms. The molecule has 1 aromatic rings. The van der Waals surface area contributed by atoms with E-state index in [0.29, 0.717) is 0 Å². The number of rotatable bonds is 5. The number of pyridine rings is 1. The van der Waals surface area contributed by atoms with Gasteiger partial charge in [0.05, 0.1) is 0 Å². The van der Waals surface area contributed by atoms with Gasteiger partial charge in [-0.1, -0.05) is 0 Å². The van der Waals surface area contributed by atoms with E-state index in [4.69, 9.17) is 5.73 Å². The normalized spacial score (nSPS) is 16.9. The van der Waals surface area contributed by atoms with Gasteiger partial charge in [-0.15, -0.1) is 0 Å². The van der Waals surface area contributed by atoms with Gasteiger partial charge in [-0.3, -0.25) is 9.78 Å². The molecule has 0 spiro atoms. The van der Waals surface area contributed by atoms with Gasteiger partial charge in [0.25, 0.3) is 5.91 Å². The maximum atomic E-state index is 12.4. The summed E-state index contributed by atoms with van der Waals surface area (Å²) in [6.45, 7) is 5.54. The molecule has 2 heterocycles. The van der Waals surface area contributed by atoms with E-state index in [2.05, 4.69) is 9.88 Å². The molecular formula is C15H24N4O. The van der Waals surface area contributed by atoms with Crippen molar-refractivity contribution in [2.45, 2.75) is 19.3 Å². The zero-order valence-corrected chi connectivity index (χ0v) is 12.0. The fourth-order valence-electron chi connectivity index (χ4n) is 2.55. The Balaban J connectivity index is 1.85. The van der Waals surface area contributed by atoms with Crippen LogP contribution in [-0.4, -0.2) is 60.0 Å². The van der Waals surface area contributed by atoms with Crippen LogP contribution < -0.4 is 5.73 Å².